The molecule has 1 N–H and O–H groups in total. The summed E-state index contributed by atoms with van der Waals surface area (Å²) >= 11 is 1.04. The fourth-order valence-electron chi connectivity index (χ4n) is 1.79. The minimum Gasteiger partial charge on any atom is -0.497 e. The van der Waals surface area contributed by atoms with E-state index in [1.165, 1.54) is 13.3 Å². The molecule has 128 valence electrons. The van der Waals surface area contributed by atoms with Gasteiger partial charge in [-0.1, -0.05) is 23.5 Å². The lowest BCUT2D eigenvalue weighted by atomic mass is 10.2. The number of carbonyl (C=O) groups excluding carboxylic acids is 2. The van der Waals surface area contributed by atoms with Crippen LogP contribution in [0.3, 0.4) is 0 Å². The predicted molar refractivity (Wildman–Crippen MR) is 89.3 cm³/mol. The zero-order valence-electron chi connectivity index (χ0n) is 13.6. The Balaban J connectivity index is 1.87. The highest BCUT2D eigenvalue weighted by Crippen LogP contribution is 2.19. The van der Waals surface area contributed by atoms with Crippen LogP contribution >= 0.6 is 11.3 Å². The van der Waals surface area contributed by atoms with Crippen molar-refractivity contribution < 1.29 is 23.8 Å². The molecule has 7 nitrogen and oxygen atoms in total. The van der Waals surface area contributed by atoms with Gasteiger partial charge in [0.05, 0.1) is 27.0 Å². The van der Waals surface area contributed by atoms with Gasteiger partial charge in [-0.05, 0) is 24.6 Å². The van der Waals surface area contributed by atoms with Gasteiger partial charge >= 0.3 is 5.97 Å². The Kier molecular flexibility index (Phi) is 6.28. The summed E-state index contributed by atoms with van der Waals surface area (Å²) in [4.78, 5) is 27.7. The molecule has 0 bridgehead atoms. The zero-order chi connectivity index (χ0) is 17.5. The molecule has 1 aromatic carbocycles. The Morgan fingerprint density at radius 1 is 1.33 bits per heavy atom. The predicted octanol–water partition coefficient (Wildman–Crippen LogP) is 2.48. The van der Waals surface area contributed by atoms with E-state index < -0.39 is 12.1 Å². The third-order valence-corrected chi connectivity index (χ3v) is 4.02. The molecule has 1 aromatic heterocycles. The number of thiazole rings is 1. The second kappa shape index (κ2) is 8.42. The minimum atomic E-state index is -0.679. The molecule has 8 heteroatoms. The van der Waals surface area contributed by atoms with Crippen molar-refractivity contribution in [1.29, 1.82) is 0 Å². The summed E-state index contributed by atoms with van der Waals surface area (Å²) < 4.78 is 15.3. The van der Waals surface area contributed by atoms with Crippen molar-refractivity contribution >= 4 is 28.3 Å². The average molecular weight is 350 g/mol. The van der Waals surface area contributed by atoms with Crippen LogP contribution in [0.5, 0.6) is 5.75 Å². The topological polar surface area (TPSA) is 86.8 Å². The molecule has 2 aromatic rings. The summed E-state index contributed by atoms with van der Waals surface area (Å²) in [6, 6.07) is 7.41. The highest BCUT2D eigenvalue weighted by atomic mass is 32.1. The van der Waals surface area contributed by atoms with Crippen LogP contribution in [0.15, 0.2) is 30.5 Å². The molecule has 0 spiro atoms. The molecule has 1 amide bonds. The Hall–Kier alpha value is -2.45. The largest absolute Gasteiger partial charge is 0.497 e. The van der Waals surface area contributed by atoms with E-state index in [0.29, 0.717) is 10.0 Å². The van der Waals surface area contributed by atoms with Crippen molar-refractivity contribution in [2.45, 2.75) is 19.6 Å². The Labute approximate surface area is 143 Å². The number of carbonyl (C=O) groups is 2. The van der Waals surface area contributed by atoms with E-state index in [9.17, 15) is 9.59 Å². The summed E-state index contributed by atoms with van der Waals surface area (Å²) in [6.07, 6.45) is 0.676. The summed E-state index contributed by atoms with van der Waals surface area (Å²) in [6.45, 7) is 1.92. The van der Waals surface area contributed by atoms with Gasteiger partial charge in [-0.15, -0.1) is 0 Å². The van der Waals surface area contributed by atoms with Crippen molar-refractivity contribution in [3.8, 4) is 5.75 Å². The lowest BCUT2D eigenvalue weighted by Crippen LogP contribution is -2.27. The quantitative estimate of drug-likeness (QED) is 0.772. The van der Waals surface area contributed by atoms with Gasteiger partial charge in [0.1, 0.15) is 16.7 Å². The van der Waals surface area contributed by atoms with Crippen LogP contribution in [0.4, 0.5) is 5.13 Å². The van der Waals surface area contributed by atoms with Gasteiger partial charge in [-0.25, -0.2) is 9.78 Å². The molecule has 0 fully saturated rings. The molecule has 0 unspecified atom stereocenters. The fourth-order valence-corrected chi connectivity index (χ4v) is 2.53. The number of ether oxygens (including phenoxy) is 3. The lowest BCUT2D eigenvalue weighted by molar-refractivity contribution is -0.127. The normalized spacial score (nSPS) is 11.6. The van der Waals surface area contributed by atoms with Gasteiger partial charge in [0, 0.05) is 0 Å². The molecule has 0 radical (unpaired) electrons. The molecular weight excluding hydrogens is 332 g/mol. The number of esters is 1. The van der Waals surface area contributed by atoms with Crippen molar-refractivity contribution in [2.24, 2.45) is 0 Å². The van der Waals surface area contributed by atoms with Crippen molar-refractivity contribution in [3.63, 3.8) is 0 Å². The van der Waals surface area contributed by atoms with Crippen LogP contribution < -0.4 is 10.1 Å². The third kappa shape index (κ3) is 4.77. The highest BCUT2D eigenvalue weighted by molar-refractivity contribution is 7.17. The van der Waals surface area contributed by atoms with Crippen molar-refractivity contribution in [1.82, 2.24) is 4.98 Å². The second-order valence-electron chi connectivity index (χ2n) is 4.82. The first-order valence-electron chi connectivity index (χ1n) is 7.13. The van der Waals surface area contributed by atoms with E-state index in [0.717, 1.165) is 22.6 Å². The number of amides is 1. The van der Waals surface area contributed by atoms with E-state index >= 15 is 0 Å². The number of anilines is 1. The SMILES string of the molecule is COC(=O)c1cnc(NC(=O)[C@H](C)OCc2cccc(OC)c2)s1. The Morgan fingerprint density at radius 3 is 2.83 bits per heavy atom. The van der Waals surface area contributed by atoms with E-state index in [-0.39, 0.29) is 12.5 Å². The van der Waals surface area contributed by atoms with Crippen molar-refractivity contribution in [3.05, 3.63) is 40.9 Å². The van der Waals surface area contributed by atoms with Crippen LogP contribution in [0.25, 0.3) is 0 Å². The maximum atomic E-state index is 12.1. The van der Waals surface area contributed by atoms with Gasteiger partial charge in [-0.2, -0.15) is 0 Å². The molecule has 0 aliphatic rings. The average Bonchev–Trinajstić information content (AvgIpc) is 3.07. The maximum absolute atomic E-state index is 12.1. The molecule has 1 atom stereocenters. The van der Waals surface area contributed by atoms with Crippen LogP contribution in [-0.4, -0.2) is 37.2 Å². The zero-order valence-corrected chi connectivity index (χ0v) is 14.4. The first-order valence-corrected chi connectivity index (χ1v) is 7.94. The van der Waals surface area contributed by atoms with Gasteiger partial charge in [0.15, 0.2) is 5.13 Å². The molecule has 0 saturated heterocycles. The van der Waals surface area contributed by atoms with Gasteiger partial charge in [0.25, 0.3) is 5.91 Å². The summed E-state index contributed by atoms with van der Waals surface area (Å²) in [5.74, 6) is -0.106. The highest BCUT2D eigenvalue weighted by Gasteiger charge is 2.17. The molecule has 0 aliphatic heterocycles. The minimum absolute atomic E-state index is 0.275. The lowest BCUT2D eigenvalue weighted by Gasteiger charge is -2.12. The second-order valence-corrected chi connectivity index (χ2v) is 5.85. The number of methoxy groups -OCH3 is 2. The third-order valence-electron chi connectivity index (χ3n) is 3.13. The number of aromatic nitrogens is 1. The number of nitrogens with zero attached hydrogens (tertiary/aromatic N) is 1. The number of hydrogen-bond acceptors (Lipinski definition) is 7. The van der Waals surface area contributed by atoms with E-state index in [1.54, 1.807) is 14.0 Å². The molecule has 2 rings (SSSR count). The van der Waals surface area contributed by atoms with Gasteiger partial charge < -0.3 is 14.2 Å². The number of benzene rings is 1. The Morgan fingerprint density at radius 2 is 2.12 bits per heavy atom. The van der Waals surface area contributed by atoms with Crippen LogP contribution in [-0.2, 0) is 20.9 Å². The summed E-state index contributed by atoms with van der Waals surface area (Å²) in [7, 11) is 2.88. The van der Waals surface area contributed by atoms with Crippen LogP contribution in [0.1, 0.15) is 22.2 Å². The molecule has 0 saturated carbocycles. The Bertz CT molecular complexity index is 716. The maximum Gasteiger partial charge on any atom is 0.349 e. The number of nitrogens with one attached hydrogen (secondary N) is 1. The fraction of sp³-hybridized carbons (Fsp3) is 0.312. The van der Waals surface area contributed by atoms with E-state index in [1.807, 2.05) is 24.3 Å². The summed E-state index contributed by atoms with van der Waals surface area (Å²) in [5.41, 5.74) is 0.899. The van der Waals surface area contributed by atoms with E-state index in [2.05, 4.69) is 15.0 Å². The first-order chi connectivity index (χ1) is 11.5. The standard InChI is InChI=1S/C16H18N2O5S/c1-10(23-9-11-5-4-6-12(7-11)21-2)14(19)18-16-17-8-13(24-16)15(20)22-3/h4-8,10H,9H2,1-3H3,(H,17,18,19)/t10-/m0/s1. The van der Waals surface area contributed by atoms with Crippen LogP contribution in [0, 0.1) is 0 Å². The number of rotatable bonds is 7. The monoisotopic (exact) mass is 350 g/mol. The molecular formula is C16H18N2O5S. The van der Waals surface area contributed by atoms with Crippen molar-refractivity contribution in [2.75, 3.05) is 19.5 Å². The van der Waals surface area contributed by atoms with Crippen LogP contribution in [0.2, 0.25) is 0 Å². The number of hydrogen-bond donors (Lipinski definition) is 1. The molecule has 24 heavy (non-hydrogen) atoms. The van der Waals surface area contributed by atoms with E-state index in [4.69, 9.17) is 9.47 Å². The van der Waals surface area contributed by atoms with Gasteiger partial charge in [-0.3, -0.25) is 10.1 Å². The molecule has 1 heterocycles. The molecule has 0 aliphatic carbocycles. The first kappa shape index (κ1) is 17.9. The summed E-state index contributed by atoms with van der Waals surface area (Å²) in [5, 5.41) is 2.93. The smallest absolute Gasteiger partial charge is 0.349 e. The van der Waals surface area contributed by atoms with Gasteiger partial charge in [0.2, 0.25) is 0 Å².